The Kier molecular flexibility index (Phi) is 7.28. The molecule has 0 unspecified atom stereocenters. The first kappa shape index (κ1) is 24.9. The Hall–Kier alpha value is -3.16. The van der Waals surface area contributed by atoms with Crippen molar-refractivity contribution in [3.8, 4) is 0 Å². The lowest BCUT2D eigenvalue weighted by Gasteiger charge is -2.32. The molecule has 1 saturated heterocycles. The lowest BCUT2D eigenvalue weighted by Crippen LogP contribution is -3.13. The summed E-state index contributed by atoms with van der Waals surface area (Å²) in [4.78, 5) is 16.5. The number of rotatable bonds is 6. The molecule has 1 aliphatic rings. The largest absolute Gasteiger partial charge is 0.328 e. The van der Waals surface area contributed by atoms with Crippen LogP contribution in [0.3, 0.4) is 0 Å². The minimum absolute atomic E-state index is 0.0177. The van der Waals surface area contributed by atoms with Gasteiger partial charge in [0.2, 0.25) is 0 Å². The van der Waals surface area contributed by atoms with E-state index in [4.69, 9.17) is 0 Å². The zero-order valence-electron chi connectivity index (χ0n) is 20.6. The van der Waals surface area contributed by atoms with Gasteiger partial charge in [-0.3, -0.25) is 9.52 Å². The third-order valence-corrected chi connectivity index (χ3v) is 7.87. The summed E-state index contributed by atoms with van der Waals surface area (Å²) in [5, 5.41) is 0. The Balaban J connectivity index is 1.34. The van der Waals surface area contributed by atoms with Gasteiger partial charge in [-0.2, -0.15) is 0 Å². The van der Waals surface area contributed by atoms with Gasteiger partial charge in [0, 0.05) is 16.8 Å². The highest BCUT2D eigenvalue weighted by Gasteiger charge is 2.25. The summed E-state index contributed by atoms with van der Waals surface area (Å²) in [5.74, 6) is -0.0177. The number of carbonyl (C=O) groups is 1. The van der Waals surface area contributed by atoms with Crippen molar-refractivity contribution in [3.05, 3.63) is 95.6 Å². The summed E-state index contributed by atoms with van der Waals surface area (Å²) in [6, 6.07) is 24.0. The van der Waals surface area contributed by atoms with Crippen LogP contribution in [-0.2, 0) is 22.0 Å². The molecule has 2 N–H and O–H groups in total. The van der Waals surface area contributed by atoms with E-state index < -0.39 is 10.0 Å². The summed E-state index contributed by atoms with van der Waals surface area (Å²) in [5.41, 5.74) is 3.33. The summed E-state index contributed by atoms with van der Waals surface area (Å²) < 4.78 is 28.2. The van der Waals surface area contributed by atoms with Gasteiger partial charge in [-0.05, 0) is 47.4 Å². The van der Waals surface area contributed by atoms with Crippen molar-refractivity contribution >= 4 is 21.6 Å². The topological polar surface area (TPSA) is 70.9 Å². The average molecular weight is 493 g/mol. The van der Waals surface area contributed by atoms with Gasteiger partial charge in [-0.1, -0.05) is 63.2 Å². The normalized spacial score (nSPS) is 15.1. The first-order chi connectivity index (χ1) is 16.6. The maximum Gasteiger partial charge on any atom is 0.261 e. The summed E-state index contributed by atoms with van der Waals surface area (Å²) in [6.45, 7) is 10.5. The Morgan fingerprint density at radius 2 is 1.49 bits per heavy atom. The number of nitrogens with zero attached hydrogens (tertiary/aromatic N) is 1. The van der Waals surface area contributed by atoms with Crippen LogP contribution in [0.5, 0.6) is 0 Å². The molecule has 0 radical (unpaired) electrons. The maximum atomic E-state index is 13.0. The standard InChI is InChI=1S/C28H33N3O3S/c1-28(2,3)24-11-15-26(16-12-24)35(33,34)29-25-13-9-23(10-14-25)27(32)31-19-17-30(18-20-31)21-22-7-5-4-6-8-22/h4-16,29H,17-21H2,1-3H3/p+1. The smallest absolute Gasteiger partial charge is 0.261 e. The third-order valence-electron chi connectivity index (χ3n) is 6.47. The zero-order valence-corrected chi connectivity index (χ0v) is 21.4. The minimum atomic E-state index is -3.71. The van der Waals surface area contributed by atoms with E-state index in [0.717, 1.165) is 25.2 Å². The van der Waals surface area contributed by atoms with Crippen molar-refractivity contribution in [2.75, 3.05) is 30.9 Å². The van der Waals surface area contributed by atoms with Crippen LogP contribution in [0.25, 0.3) is 0 Å². The summed E-state index contributed by atoms with van der Waals surface area (Å²) in [7, 11) is -3.71. The third kappa shape index (κ3) is 6.29. The highest BCUT2D eigenvalue weighted by molar-refractivity contribution is 7.92. The molecule has 0 saturated carbocycles. The molecule has 35 heavy (non-hydrogen) atoms. The van der Waals surface area contributed by atoms with E-state index in [-0.39, 0.29) is 16.2 Å². The van der Waals surface area contributed by atoms with Crippen molar-refractivity contribution in [3.63, 3.8) is 0 Å². The first-order valence-electron chi connectivity index (χ1n) is 12.0. The van der Waals surface area contributed by atoms with E-state index in [1.807, 2.05) is 23.1 Å². The molecule has 6 nitrogen and oxygen atoms in total. The Morgan fingerprint density at radius 1 is 0.886 bits per heavy atom. The zero-order chi connectivity index (χ0) is 25.1. The van der Waals surface area contributed by atoms with Crippen molar-refractivity contribution < 1.29 is 18.1 Å². The number of hydrogen-bond donors (Lipinski definition) is 2. The van der Waals surface area contributed by atoms with Gasteiger partial charge in [0.05, 0.1) is 31.1 Å². The number of quaternary nitrogens is 1. The van der Waals surface area contributed by atoms with E-state index in [1.54, 1.807) is 36.4 Å². The molecule has 4 rings (SSSR count). The van der Waals surface area contributed by atoms with Gasteiger partial charge in [0.25, 0.3) is 15.9 Å². The van der Waals surface area contributed by atoms with Crippen LogP contribution in [0.4, 0.5) is 5.69 Å². The van der Waals surface area contributed by atoms with E-state index in [2.05, 4.69) is 49.8 Å². The van der Waals surface area contributed by atoms with Crippen LogP contribution >= 0.6 is 0 Å². The highest BCUT2D eigenvalue weighted by atomic mass is 32.2. The first-order valence-corrected chi connectivity index (χ1v) is 13.5. The van der Waals surface area contributed by atoms with Crippen LogP contribution in [0, 0.1) is 0 Å². The molecule has 1 fully saturated rings. The lowest BCUT2D eigenvalue weighted by atomic mass is 9.87. The molecule has 1 aliphatic heterocycles. The number of hydrogen-bond acceptors (Lipinski definition) is 3. The maximum absolute atomic E-state index is 13.0. The predicted molar refractivity (Wildman–Crippen MR) is 139 cm³/mol. The van der Waals surface area contributed by atoms with Gasteiger partial charge < -0.3 is 9.80 Å². The molecule has 3 aromatic carbocycles. The molecule has 1 amide bonds. The molecule has 184 valence electrons. The van der Waals surface area contributed by atoms with Crippen molar-refractivity contribution in [2.24, 2.45) is 0 Å². The van der Waals surface area contributed by atoms with E-state index in [9.17, 15) is 13.2 Å². The number of nitrogens with one attached hydrogen (secondary N) is 2. The molecule has 7 heteroatoms. The minimum Gasteiger partial charge on any atom is -0.328 e. The quantitative estimate of drug-likeness (QED) is 0.555. The van der Waals surface area contributed by atoms with Gasteiger partial charge >= 0.3 is 0 Å². The fraction of sp³-hybridized carbons (Fsp3) is 0.321. The highest BCUT2D eigenvalue weighted by Crippen LogP contribution is 2.24. The molecular formula is C28H34N3O3S+. The van der Waals surface area contributed by atoms with Gasteiger partial charge in [-0.15, -0.1) is 0 Å². The van der Waals surface area contributed by atoms with Gasteiger partial charge in [0.1, 0.15) is 6.54 Å². The number of amides is 1. The molecule has 3 aromatic rings. The van der Waals surface area contributed by atoms with Crippen LogP contribution < -0.4 is 9.62 Å². The number of piperazine rings is 1. The molecule has 0 aliphatic carbocycles. The molecule has 1 heterocycles. The van der Waals surface area contributed by atoms with E-state index in [0.29, 0.717) is 24.3 Å². The number of carbonyl (C=O) groups excluding carboxylic acids is 1. The molecule has 0 bridgehead atoms. The second-order valence-electron chi connectivity index (χ2n) is 10.2. The Bertz CT molecular complexity index is 1240. The number of anilines is 1. The van der Waals surface area contributed by atoms with Crippen LogP contribution in [0.2, 0.25) is 0 Å². The van der Waals surface area contributed by atoms with Gasteiger partial charge in [-0.25, -0.2) is 8.42 Å². The molecule has 0 atom stereocenters. The Morgan fingerprint density at radius 3 is 2.06 bits per heavy atom. The van der Waals surface area contributed by atoms with Crippen LogP contribution in [-0.4, -0.2) is 45.4 Å². The van der Waals surface area contributed by atoms with Crippen molar-refractivity contribution in [1.29, 1.82) is 0 Å². The predicted octanol–water partition coefficient (Wildman–Crippen LogP) is 3.33. The lowest BCUT2D eigenvalue weighted by molar-refractivity contribution is -0.917. The second kappa shape index (κ2) is 10.2. The van der Waals surface area contributed by atoms with Crippen LogP contribution in [0.1, 0.15) is 42.3 Å². The number of benzene rings is 3. The average Bonchev–Trinajstić information content (AvgIpc) is 2.84. The summed E-state index contributed by atoms with van der Waals surface area (Å²) in [6.07, 6.45) is 0. The monoisotopic (exact) mass is 492 g/mol. The fourth-order valence-electron chi connectivity index (χ4n) is 4.30. The van der Waals surface area contributed by atoms with Crippen molar-refractivity contribution in [1.82, 2.24) is 4.90 Å². The molecular weight excluding hydrogens is 458 g/mol. The van der Waals surface area contributed by atoms with E-state index in [1.165, 1.54) is 10.5 Å². The molecule has 0 aromatic heterocycles. The second-order valence-corrected chi connectivity index (χ2v) is 11.8. The SMILES string of the molecule is CC(C)(C)c1ccc(S(=O)(=O)Nc2ccc(C(=O)N3CC[NH+](Cc4ccccc4)CC3)cc2)cc1. The molecule has 0 spiro atoms. The summed E-state index contributed by atoms with van der Waals surface area (Å²) >= 11 is 0. The van der Waals surface area contributed by atoms with Gasteiger partial charge in [0.15, 0.2) is 0 Å². The van der Waals surface area contributed by atoms with Crippen LogP contribution in [0.15, 0.2) is 83.8 Å². The number of sulfonamides is 1. The Labute approximate surface area is 208 Å². The van der Waals surface area contributed by atoms with E-state index >= 15 is 0 Å². The van der Waals surface area contributed by atoms with Crippen molar-refractivity contribution in [2.45, 2.75) is 37.6 Å². The fourth-order valence-corrected chi connectivity index (χ4v) is 5.36.